The third-order valence-corrected chi connectivity index (χ3v) is 6.44. The van der Waals surface area contributed by atoms with E-state index in [-0.39, 0.29) is 30.1 Å². The van der Waals surface area contributed by atoms with Gasteiger partial charge >= 0.3 is 0 Å². The standard InChI is InChI=1S/C27H26ClF2N3O2/c28-20-5-3-4-18(12-20)26(34)32-23-10-8-17(9-11-23)16-33(25-7-2-1-6-24(25)31)27(35)19-13-21(29)15-22(30)14-19/h3-5,8-15,24-25H,1-2,6-7,16,31H2,(H,32,34). The Morgan fingerprint density at radius 2 is 1.63 bits per heavy atom. The van der Waals surface area contributed by atoms with Gasteiger partial charge in [-0.05, 0) is 60.9 Å². The monoisotopic (exact) mass is 497 g/mol. The fraction of sp³-hybridized carbons (Fsp3) is 0.259. The maximum absolute atomic E-state index is 13.8. The van der Waals surface area contributed by atoms with Crippen LogP contribution in [0.3, 0.4) is 0 Å². The maximum Gasteiger partial charge on any atom is 0.255 e. The Balaban J connectivity index is 1.53. The summed E-state index contributed by atoms with van der Waals surface area (Å²) < 4.78 is 27.6. The Morgan fingerprint density at radius 3 is 2.29 bits per heavy atom. The van der Waals surface area contributed by atoms with Crippen LogP contribution in [0.2, 0.25) is 5.02 Å². The highest BCUT2D eigenvalue weighted by molar-refractivity contribution is 6.31. The van der Waals surface area contributed by atoms with E-state index < -0.39 is 17.5 Å². The van der Waals surface area contributed by atoms with Crippen LogP contribution in [0.5, 0.6) is 0 Å². The van der Waals surface area contributed by atoms with Crippen molar-refractivity contribution in [1.82, 2.24) is 4.90 Å². The van der Waals surface area contributed by atoms with E-state index >= 15 is 0 Å². The molecule has 0 saturated heterocycles. The van der Waals surface area contributed by atoms with Gasteiger partial charge in [0, 0.05) is 46.5 Å². The summed E-state index contributed by atoms with van der Waals surface area (Å²) in [6, 6.07) is 16.1. The van der Waals surface area contributed by atoms with Gasteiger partial charge in [0.1, 0.15) is 11.6 Å². The highest BCUT2D eigenvalue weighted by Crippen LogP contribution is 2.26. The van der Waals surface area contributed by atoms with Crippen molar-refractivity contribution in [2.75, 3.05) is 5.32 Å². The summed E-state index contributed by atoms with van der Waals surface area (Å²) in [4.78, 5) is 27.4. The predicted octanol–water partition coefficient (Wildman–Crippen LogP) is 5.78. The van der Waals surface area contributed by atoms with E-state index in [0.717, 1.165) is 49.4 Å². The molecule has 35 heavy (non-hydrogen) atoms. The van der Waals surface area contributed by atoms with Gasteiger partial charge < -0.3 is 16.0 Å². The van der Waals surface area contributed by atoms with Crippen LogP contribution in [0.15, 0.2) is 66.7 Å². The number of hydrogen-bond donors (Lipinski definition) is 2. The van der Waals surface area contributed by atoms with Gasteiger partial charge in [0.05, 0.1) is 0 Å². The van der Waals surface area contributed by atoms with Crippen LogP contribution in [0.25, 0.3) is 0 Å². The molecule has 1 aliphatic carbocycles. The minimum atomic E-state index is -0.805. The fourth-order valence-electron chi connectivity index (χ4n) is 4.43. The second-order valence-electron chi connectivity index (χ2n) is 8.77. The Hall–Kier alpha value is -3.29. The average Bonchev–Trinajstić information content (AvgIpc) is 2.83. The number of carbonyl (C=O) groups excluding carboxylic acids is 2. The quantitative estimate of drug-likeness (QED) is 0.453. The molecule has 2 atom stereocenters. The summed E-state index contributed by atoms with van der Waals surface area (Å²) >= 11 is 5.96. The van der Waals surface area contributed by atoms with Crippen molar-refractivity contribution in [2.24, 2.45) is 5.73 Å². The first-order chi connectivity index (χ1) is 16.8. The number of rotatable bonds is 6. The zero-order valence-electron chi connectivity index (χ0n) is 19.0. The zero-order valence-corrected chi connectivity index (χ0v) is 19.8. The van der Waals surface area contributed by atoms with Crippen molar-refractivity contribution in [3.05, 3.63) is 100 Å². The molecule has 4 rings (SSSR count). The van der Waals surface area contributed by atoms with E-state index in [1.165, 1.54) is 0 Å². The van der Waals surface area contributed by atoms with Gasteiger partial charge in [0.25, 0.3) is 11.8 Å². The first-order valence-electron chi connectivity index (χ1n) is 11.5. The van der Waals surface area contributed by atoms with Crippen LogP contribution in [-0.4, -0.2) is 28.8 Å². The number of nitrogens with one attached hydrogen (secondary N) is 1. The van der Waals surface area contributed by atoms with Crippen molar-refractivity contribution in [3.8, 4) is 0 Å². The Kier molecular flexibility index (Phi) is 7.78. The summed E-state index contributed by atoms with van der Waals surface area (Å²) in [5.41, 5.74) is 8.12. The lowest BCUT2D eigenvalue weighted by Crippen LogP contribution is -2.51. The summed E-state index contributed by atoms with van der Waals surface area (Å²) in [5.74, 6) is -2.37. The molecule has 3 aromatic rings. The molecule has 0 spiro atoms. The van der Waals surface area contributed by atoms with E-state index in [1.807, 2.05) is 0 Å². The summed E-state index contributed by atoms with van der Waals surface area (Å²) in [7, 11) is 0. The molecule has 0 aromatic heterocycles. The van der Waals surface area contributed by atoms with E-state index in [1.54, 1.807) is 53.4 Å². The average molecular weight is 498 g/mol. The van der Waals surface area contributed by atoms with Crippen molar-refractivity contribution < 1.29 is 18.4 Å². The largest absolute Gasteiger partial charge is 0.330 e. The molecule has 182 valence electrons. The lowest BCUT2D eigenvalue weighted by atomic mass is 9.89. The van der Waals surface area contributed by atoms with Crippen molar-refractivity contribution in [1.29, 1.82) is 0 Å². The van der Waals surface area contributed by atoms with E-state index in [4.69, 9.17) is 17.3 Å². The number of nitrogens with two attached hydrogens (primary N) is 1. The van der Waals surface area contributed by atoms with Gasteiger partial charge in [-0.15, -0.1) is 0 Å². The molecule has 0 bridgehead atoms. The van der Waals surface area contributed by atoms with Crippen molar-refractivity contribution in [2.45, 2.75) is 44.3 Å². The number of anilines is 1. The van der Waals surface area contributed by atoms with Gasteiger partial charge in [0.2, 0.25) is 0 Å². The van der Waals surface area contributed by atoms with Crippen LogP contribution in [-0.2, 0) is 6.54 Å². The molecule has 0 aliphatic heterocycles. The number of halogens is 3. The lowest BCUT2D eigenvalue weighted by Gasteiger charge is -2.38. The fourth-order valence-corrected chi connectivity index (χ4v) is 4.62. The number of hydrogen-bond acceptors (Lipinski definition) is 3. The molecule has 2 amide bonds. The predicted molar refractivity (Wildman–Crippen MR) is 132 cm³/mol. The number of amides is 2. The Bertz CT molecular complexity index is 1200. The SMILES string of the molecule is NC1CCCCC1N(Cc1ccc(NC(=O)c2cccc(Cl)c2)cc1)C(=O)c1cc(F)cc(F)c1. The second kappa shape index (κ2) is 11.0. The number of carbonyl (C=O) groups is 2. The summed E-state index contributed by atoms with van der Waals surface area (Å²) in [6.45, 7) is 0.220. The van der Waals surface area contributed by atoms with Gasteiger partial charge in [-0.25, -0.2) is 8.78 Å². The first-order valence-corrected chi connectivity index (χ1v) is 11.9. The minimum Gasteiger partial charge on any atom is -0.330 e. The van der Waals surface area contributed by atoms with Gasteiger partial charge in [-0.2, -0.15) is 0 Å². The normalized spacial score (nSPS) is 17.6. The van der Waals surface area contributed by atoms with Gasteiger partial charge in [0.15, 0.2) is 0 Å². The first kappa shape index (κ1) is 24.8. The van der Waals surface area contributed by atoms with Crippen LogP contribution in [0.4, 0.5) is 14.5 Å². The van der Waals surface area contributed by atoms with E-state index in [9.17, 15) is 18.4 Å². The third-order valence-electron chi connectivity index (χ3n) is 6.20. The van der Waals surface area contributed by atoms with E-state index in [0.29, 0.717) is 16.3 Å². The van der Waals surface area contributed by atoms with Gasteiger partial charge in [-0.1, -0.05) is 42.6 Å². The number of benzene rings is 3. The maximum atomic E-state index is 13.8. The van der Waals surface area contributed by atoms with Crippen molar-refractivity contribution >= 4 is 29.1 Å². The molecule has 3 N–H and O–H groups in total. The van der Waals surface area contributed by atoms with Crippen LogP contribution >= 0.6 is 11.6 Å². The third kappa shape index (κ3) is 6.24. The second-order valence-corrected chi connectivity index (χ2v) is 9.20. The Labute approximate surface area is 207 Å². The molecular formula is C27H26ClF2N3O2. The molecule has 0 radical (unpaired) electrons. The van der Waals surface area contributed by atoms with Crippen molar-refractivity contribution in [3.63, 3.8) is 0 Å². The molecule has 0 heterocycles. The molecular weight excluding hydrogens is 472 g/mol. The molecule has 3 aromatic carbocycles. The zero-order chi connectivity index (χ0) is 24.9. The minimum absolute atomic E-state index is 0.0503. The molecule has 2 unspecified atom stereocenters. The summed E-state index contributed by atoms with van der Waals surface area (Å²) in [6.07, 6.45) is 3.41. The van der Waals surface area contributed by atoms with Crippen LogP contribution in [0, 0.1) is 11.6 Å². The highest BCUT2D eigenvalue weighted by atomic mass is 35.5. The summed E-state index contributed by atoms with van der Waals surface area (Å²) in [5, 5.41) is 3.29. The molecule has 8 heteroatoms. The smallest absolute Gasteiger partial charge is 0.255 e. The number of nitrogens with zero attached hydrogens (tertiary/aromatic N) is 1. The lowest BCUT2D eigenvalue weighted by molar-refractivity contribution is 0.0582. The highest BCUT2D eigenvalue weighted by Gasteiger charge is 2.32. The molecule has 1 saturated carbocycles. The van der Waals surface area contributed by atoms with Gasteiger partial charge in [-0.3, -0.25) is 9.59 Å². The topological polar surface area (TPSA) is 75.4 Å². The Morgan fingerprint density at radius 1 is 0.943 bits per heavy atom. The van der Waals surface area contributed by atoms with Crippen LogP contribution < -0.4 is 11.1 Å². The van der Waals surface area contributed by atoms with Crippen LogP contribution in [0.1, 0.15) is 52.0 Å². The molecule has 5 nitrogen and oxygen atoms in total. The molecule has 1 aliphatic rings. The molecule has 1 fully saturated rings. The van der Waals surface area contributed by atoms with E-state index in [2.05, 4.69) is 5.32 Å².